The molecule has 3 aromatic rings. The van der Waals surface area contributed by atoms with E-state index in [4.69, 9.17) is 10.5 Å². The van der Waals surface area contributed by atoms with Gasteiger partial charge < -0.3 is 10.5 Å². The summed E-state index contributed by atoms with van der Waals surface area (Å²) in [4.78, 5) is 0. The van der Waals surface area contributed by atoms with Gasteiger partial charge in [0.05, 0.1) is 24.7 Å². The monoisotopic (exact) mass is 280 g/mol. The van der Waals surface area contributed by atoms with Crippen LogP contribution in [0.5, 0.6) is 5.75 Å². The predicted molar refractivity (Wildman–Crippen MR) is 81.2 cm³/mol. The lowest BCUT2D eigenvalue weighted by atomic mass is 10.0. The lowest BCUT2D eigenvalue weighted by Gasteiger charge is -2.11. The van der Waals surface area contributed by atoms with E-state index in [1.807, 2.05) is 48.5 Å². The van der Waals surface area contributed by atoms with E-state index in [0.717, 1.165) is 28.3 Å². The summed E-state index contributed by atoms with van der Waals surface area (Å²) in [7, 11) is 1.64. The van der Waals surface area contributed by atoms with Crippen molar-refractivity contribution in [3.05, 3.63) is 60.3 Å². The molecule has 5 nitrogen and oxygen atoms in total. The van der Waals surface area contributed by atoms with Crippen molar-refractivity contribution in [1.29, 1.82) is 0 Å². The van der Waals surface area contributed by atoms with Gasteiger partial charge in [0.2, 0.25) is 0 Å². The fourth-order valence-corrected chi connectivity index (χ4v) is 2.29. The molecule has 0 saturated carbocycles. The minimum Gasteiger partial charge on any atom is -0.497 e. The molecule has 1 heterocycles. The highest BCUT2D eigenvalue weighted by Gasteiger charge is 2.12. The van der Waals surface area contributed by atoms with Crippen molar-refractivity contribution >= 4 is 0 Å². The third-order valence-corrected chi connectivity index (χ3v) is 3.36. The predicted octanol–water partition coefficient (Wildman–Crippen LogP) is 2.40. The third kappa shape index (κ3) is 2.51. The van der Waals surface area contributed by atoms with Crippen LogP contribution in [0, 0.1) is 0 Å². The maximum absolute atomic E-state index is 5.86. The number of hydrogen-bond acceptors (Lipinski definition) is 4. The Balaban J connectivity index is 2.12. The van der Waals surface area contributed by atoms with Crippen LogP contribution < -0.4 is 10.5 Å². The minimum absolute atomic E-state index is 0.423. The fraction of sp³-hybridized carbons (Fsp3) is 0.125. The number of aromatic nitrogens is 3. The molecule has 21 heavy (non-hydrogen) atoms. The van der Waals surface area contributed by atoms with Crippen LogP contribution in [0.2, 0.25) is 0 Å². The number of ether oxygens (including phenoxy) is 1. The SMILES string of the molecule is COc1ccc(-c2cnnn2-c2ccccc2)c(CN)c1. The largest absolute Gasteiger partial charge is 0.497 e. The molecule has 2 N–H and O–H groups in total. The minimum atomic E-state index is 0.423. The molecule has 0 aliphatic heterocycles. The third-order valence-electron chi connectivity index (χ3n) is 3.36. The van der Waals surface area contributed by atoms with Crippen LogP contribution in [-0.4, -0.2) is 22.1 Å². The molecule has 0 bridgehead atoms. The molecule has 1 aromatic heterocycles. The molecule has 5 heteroatoms. The van der Waals surface area contributed by atoms with E-state index >= 15 is 0 Å². The van der Waals surface area contributed by atoms with Gasteiger partial charge in [-0.2, -0.15) is 0 Å². The second kappa shape index (κ2) is 5.76. The normalized spacial score (nSPS) is 10.6. The van der Waals surface area contributed by atoms with E-state index in [9.17, 15) is 0 Å². The first-order valence-corrected chi connectivity index (χ1v) is 6.67. The topological polar surface area (TPSA) is 66.0 Å². The summed E-state index contributed by atoms with van der Waals surface area (Å²) in [6, 6.07) is 15.7. The Morgan fingerprint density at radius 2 is 1.95 bits per heavy atom. The van der Waals surface area contributed by atoms with Crippen molar-refractivity contribution in [2.75, 3.05) is 7.11 Å². The second-order valence-corrected chi connectivity index (χ2v) is 4.59. The number of rotatable bonds is 4. The fourth-order valence-electron chi connectivity index (χ4n) is 2.29. The molecule has 0 aliphatic rings. The number of hydrogen-bond donors (Lipinski definition) is 1. The number of methoxy groups -OCH3 is 1. The van der Waals surface area contributed by atoms with Crippen LogP contribution in [0.4, 0.5) is 0 Å². The first-order chi connectivity index (χ1) is 10.3. The smallest absolute Gasteiger partial charge is 0.119 e. The molecular formula is C16H16N4O. The van der Waals surface area contributed by atoms with Crippen molar-refractivity contribution < 1.29 is 4.74 Å². The summed E-state index contributed by atoms with van der Waals surface area (Å²) < 4.78 is 7.06. The molecule has 0 amide bonds. The van der Waals surface area contributed by atoms with Gasteiger partial charge in [0.1, 0.15) is 5.75 Å². The Hall–Kier alpha value is -2.66. The van der Waals surface area contributed by atoms with Crippen LogP contribution in [-0.2, 0) is 6.54 Å². The molecule has 3 rings (SSSR count). The van der Waals surface area contributed by atoms with Crippen molar-refractivity contribution in [3.8, 4) is 22.7 Å². The van der Waals surface area contributed by atoms with Crippen LogP contribution in [0.1, 0.15) is 5.56 Å². The van der Waals surface area contributed by atoms with E-state index in [1.165, 1.54) is 0 Å². The van der Waals surface area contributed by atoms with Crippen molar-refractivity contribution in [1.82, 2.24) is 15.0 Å². The molecule has 0 saturated heterocycles. The van der Waals surface area contributed by atoms with Gasteiger partial charge in [0.25, 0.3) is 0 Å². The van der Waals surface area contributed by atoms with Gasteiger partial charge in [-0.3, -0.25) is 0 Å². The molecular weight excluding hydrogens is 264 g/mol. The Kier molecular flexibility index (Phi) is 3.66. The summed E-state index contributed by atoms with van der Waals surface area (Å²) in [5, 5.41) is 8.21. The number of para-hydroxylation sites is 1. The van der Waals surface area contributed by atoms with Crippen molar-refractivity contribution in [3.63, 3.8) is 0 Å². The van der Waals surface area contributed by atoms with E-state index in [2.05, 4.69) is 10.3 Å². The van der Waals surface area contributed by atoms with Gasteiger partial charge in [-0.15, -0.1) is 5.10 Å². The molecule has 106 valence electrons. The van der Waals surface area contributed by atoms with E-state index in [-0.39, 0.29) is 0 Å². The van der Waals surface area contributed by atoms with Gasteiger partial charge >= 0.3 is 0 Å². The highest BCUT2D eigenvalue weighted by Crippen LogP contribution is 2.28. The Labute approximate surface area is 123 Å². The summed E-state index contributed by atoms with van der Waals surface area (Å²) in [5.74, 6) is 0.790. The van der Waals surface area contributed by atoms with Crippen LogP contribution in [0.3, 0.4) is 0 Å². The Morgan fingerprint density at radius 1 is 1.14 bits per heavy atom. The average Bonchev–Trinajstić information content (AvgIpc) is 3.04. The van der Waals surface area contributed by atoms with Crippen LogP contribution >= 0.6 is 0 Å². The number of nitrogens with two attached hydrogens (primary N) is 1. The average molecular weight is 280 g/mol. The highest BCUT2D eigenvalue weighted by atomic mass is 16.5. The highest BCUT2D eigenvalue weighted by molar-refractivity contribution is 5.66. The summed E-state index contributed by atoms with van der Waals surface area (Å²) in [5.41, 5.74) is 9.73. The van der Waals surface area contributed by atoms with Crippen molar-refractivity contribution in [2.45, 2.75) is 6.54 Å². The summed E-state index contributed by atoms with van der Waals surface area (Å²) in [6.45, 7) is 0.423. The molecule has 2 aromatic carbocycles. The van der Waals surface area contributed by atoms with Crippen molar-refractivity contribution in [2.24, 2.45) is 5.73 Å². The first-order valence-electron chi connectivity index (χ1n) is 6.67. The Bertz CT molecular complexity index is 737. The van der Waals surface area contributed by atoms with Gasteiger partial charge in [0.15, 0.2) is 0 Å². The van der Waals surface area contributed by atoms with E-state index in [0.29, 0.717) is 6.54 Å². The van der Waals surface area contributed by atoms with Crippen LogP contribution in [0.15, 0.2) is 54.7 Å². The zero-order chi connectivity index (χ0) is 14.7. The van der Waals surface area contributed by atoms with Gasteiger partial charge in [-0.1, -0.05) is 23.4 Å². The summed E-state index contributed by atoms with van der Waals surface area (Å²) >= 11 is 0. The molecule has 0 spiro atoms. The molecule has 0 radical (unpaired) electrons. The molecule has 0 atom stereocenters. The van der Waals surface area contributed by atoms with Gasteiger partial charge in [0, 0.05) is 12.1 Å². The van der Waals surface area contributed by atoms with Gasteiger partial charge in [-0.25, -0.2) is 4.68 Å². The maximum atomic E-state index is 5.86. The quantitative estimate of drug-likeness (QED) is 0.797. The van der Waals surface area contributed by atoms with Crippen LogP contribution in [0.25, 0.3) is 16.9 Å². The Morgan fingerprint density at radius 3 is 2.67 bits per heavy atom. The molecule has 0 aliphatic carbocycles. The van der Waals surface area contributed by atoms with E-state index in [1.54, 1.807) is 18.0 Å². The molecule has 0 unspecified atom stereocenters. The van der Waals surface area contributed by atoms with Gasteiger partial charge in [-0.05, 0) is 35.9 Å². The lowest BCUT2D eigenvalue weighted by Crippen LogP contribution is -2.04. The summed E-state index contributed by atoms with van der Waals surface area (Å²) in [6.07, 6.45) is 1.74. The lowest BCUT2D eigenvalue weighted by molar-refractivity contribution is 0.414. The number of benzene rings is 2. The molecule has 0 fully saturated rings. The number of nitrogens with zero attached hydrogens (tertiary/aromatic N) is 3. The zero-order valence-electron chi connectivity index (χ0n) is 11.7. The van der Waals surface area contributed by atoms with E-state index < -0.39 is 0 Å². The zero-order valence-corrected chi connectivity index (χ0v) is 11.7. The standard InChI is InChI=1S/C16H16N4O/c1-21-14-7-8-15(12(9-14)10-17)16-11-18-19-20(16)13-5-3-2-4-6-13/h2-9,11H,10,17H2,1H3. The maximum Gasteiger partial charge on any atom is 0.119 e. The first kappa shape index (κ1) is 13.3. The second-order valence-electron chi connectivity index (χ2n) is 4.59.